The van der Waals surface area contributed by atoms with E-state index in [9.17, 15) is 19.5 Å². The number of rotatable bonds is 4. The maximum Gasteiger partial charge on any atom is 0.223 e. The maximum absolute atomic E-state index is 12.1. The molecule has 0 aromatic rings. The second kappa shape index (κ2) is 5.91. The summed E-state index contributed by atoms with van der Waals surface area (Å²) in [6, 6.07) is -0.0451. The Hall–Kier alpha value is -1.43. The van der Waals surface area contributed by atoms with Gasteiger partial charge in [-0.05, 0) is 32.1 Å². The van der Waals surface area contributed by atoms with Crippen LogP contribution in [0.25, 0.3) is 0 Å². The molecule has 0 heterocycles. The minimum absolute atomic E-state index is 0.0296. The second-order valence-electron chi connectivity index (χ2n) is 6.08. The molecule has 0 bridgehead atoms. The molecule has 2 saturated carbocycles. The van der Waals surface area contributed by atoms with Crippen LogP contribution in [-0.2, 0) is 14.4 Å². The van der Waals surface area contributed by atoms with E-state index >= 15 is 0 Å². The van der Waals surface area contributed by atoms with Gasteiger partial charge in [0.05, 0.1) is 0 Å². The van der Waals surface area contributed by atoms with Crippen molar-refractivity contribution in [3.8, 4) is 0 Å². The summed E-state index contributed by atoms with van der Waals surface area (Å²) >= 11 is 0. The highest BCUT2D eigenvalue weighted by Gasteiger charge is 2.39. The molecule has 0 spiro atoms. The van der Waals surface area contributed by atoms with Gasteiger partial charge in [0.2, 0.25) is 11.8 Å². The summed E-state index contributed by atoms with van der Waals surface area (Å²) in [6.45, 7) is 1.48. The first-order valence-electron chi connectivity index (χ1n) is 7.18. The van der Waals surface area contributed by atoms with E-state index in [0.29, 0.717) is 32.0 Å². The van der Waals surface area contributed by atoms with Gasteiger partial charge in [-0.1, -0.05) is 0 Å². The molecule has 0 aromatic carbocycles. The summed E-state index contributed by atoms with van der Waals surface area (Å²) in [5, 5.41) is 15.6. The Balaban J connectivity index is 1.79. The molecule has 6 nitrogen and oxygen atoms in total. The van der Waals surface area contributed by atoms with E-state index in [1.807, 2.05) is 0 Å². The van der Waals surface area contributed by atoms with Crippen LogP contribution >= 0.6 is 0 Å². The summed E-state index contributed by atoms with van der Waals surface area (Å²) in [5.41, 5.74) is -1.27. The largest absolute Gasteiger partial charge is 0.382 e. The normalized spacial score (nSPS) is 36.6. The van der Waals surface area contributed by atoms with Crippen molar-refractivity contribution in [2.24, 2.45) is 5.92 Å². The molecule has 0 radical (unpaired) electrons. The fraction of sp³-hybridized carbons (Fsp3) is 0.786. The molecule has 6 heteroatoms. The second-order valence-corrected chi connectivity index (χ2v) is 6.08. The molecule has 2 aliphatic rings. The molecule has 2 aliphatic carbocycles. The predicted octanol–water partition coefficient (Wildman–Crippen LogP) is -0.110. The quantitative estimate of drug-likeness (QED) is 0.627. The van der Waals surface area contributed by atoms with Crippen molar-refractivity contribution < 1.29 is 19.5 Å². The van der Waals surface area contributed by atoms with E-state index in [1.165, 1.54) is 6.92 Å². The molecule has 4 atom stereocenters. The first-order chi connectivity index (χ1) is 9.42. The highest BCUT2D eigenvalue weighted by atomic mass is 16.3. The van der Waals surface area contributed by atoms with Gasteiger partial charge in [-0.3, -0.25) is 9.59 Å². The number of carbonyl (C=O) groups is 3. The van der Waals surface area contributed by atoms with Crippen LogP contribution in [0.3, 0.4) is 0 Å². The standard InChI is InChI=1S/C14H22N2O4/c1-9(18)15-11-3-2-10(6-11)13(19)16-12-4-5-14(20,7-12)8-17/h8,10-12,20H,2-7H2,1H3,(H,15,18)(H,16,19). The Morgan fingerprint density at radius 2 is 1.95 bits per heavy atom. The van der Waals surface area contributed by atoms with Crippen molar-refractivity contribution in [3.63, 3.8) is 0 Å². The van der Waals surface area contributed by atoms with Gasteiger partial charge in [-0.25, -0.2) is 0 Å². The smallest absolute Gasteiger partial charge is 0.223 e. The lowest BCUT2D eigenvalue weighted by Gasteiger charge is -2.18. The summed E-state index contributed by atoms with van der Waals surface area (Å²) in [7, 11) is 0. The summed E-state index contributed by atoms with van der Waals surface area (Å²) in [4.78, 5) is 33.9. The van der Waals surface area contributed by atoms with Crippen LogP contribution in [0.5, 0.6) is 0 Å². The maximum atomic E-state index is 12.1. The Morgan fingerprint density at radius 1 is 1.20 bits per heavy atom. The molecule has 0 aliphatic heterocycles. The van der Waals surface area contributed by atoms with Crippen LogP contribution in [0.15, 0.2) is 0 Å². The number of aldehydes is 1. The molecule has 20 heavy (non-hydrogen) atoms. The third kappa shape index (κ3) is 3.56. The van der Waals surface area contributed by atoms with Gasteiger partial charge in [0.15, 0.2) is 6.29 Å². The molecule has 0 aromatic heterocycles. The third-order valence-corrected chi connectivity index (χ3v) is 4.30. The molecule has 4 unspecified atom stereocenters. The van der Waals surface area contributed by atoms with Crippen LogP contribution in [0.4, 0.5) is 0 Å². The van der Waals surface area contributed by atoms with Gasteiger partial charge in [0.25, 0.3) is 0 Å². The molecule has 112 valence electrons. The van der Waals surface area contributed by atoms with Crippen LogP contribution in [0, 0.1) is 5.92 Å². The zero-order chi connectivity index (χ0) is 14.8. The summed E-state index contributed by atoms with van der Waals surface area (Å²) in [5.74, 6) is -0.183. The SMILES string of the molecule is CC(=O)NC1CCC(C(=O)NC2CCC(O)(C=O)C2)C1. The van der Waals surface area contributed by atoms with Crippen molar-refractivity contribution in [1.29, 1.82) is 0 Å². The van der Waals surface area contributed by atoms with Crippen molar-refractivity contribution >= 4 is 18.1 Å². The van der Waals surface area contributed by atoms with Crippen LogP contribution < -0.4 is 10.6 Å². The minimum Gasteiger partial charge on any atom is -0.382 e. The average molecular weight is 282 g/mol. The Bertz CT molecular complexity index is 412. The van der Waals surface area contributed by atoms with Gasteiger partial charge in [-0.15, -0.1) is 0 Å². The van der Waals surface area contributed by atoms with Gasteiger partial charge in [-0.2, -0.15) is 0 Å². The molecule has 3 N–H and O–H groups in total. The van der Waals surface area contributed by atoms with E-state index in [1.54, 1.807) is 0 Å². The monoisotopic (exact) mass is 282 g/mol. The molecular weight excluding hydrogens is 260 g/mol. The molecular formula is C14H22N2O4. The van der Waals surface area contributed by atoms with Crippen molar-refractivity contribution in [2.75, 3.05) is 0 Å². The number of amides is 2. The zero-order valence-electron chi connectivity index (χ0n) is 11.7. The van der Waals surface area contributed by atoms with Crippen molar-refractivity contribution in [3.05, 3.63) is 0 Å². The van der Waals surface area contributed by atoms with E-state index in [2.05, 4.69) is 10.6 Å². The van der Waals surface area contributed by atoms with Crippen LogP contribution in [-0.4, -0.2) is 40.9 Å². The van der Waals surface area contributed by atoms with E-state index in [4.69, 9.17) is 0 Å². The Kier molecular flexibility index (Phi) is 4.42. The Morgan fingerprint density at radius 3 is 2.55 bits per heavy atom. The zero-order valence-corrected chi connectivity index (χ0v) is 11.7. The van der Waals surface area contributed by atoms with Crippen LogP contribution in [0.1, 0.15) is 45.4 Å². The van der Waals surface area contributed by atoms with Gasteiger partial charge in [0.1, 0.15) is 5.60 Å². The molecule has 2 rings (SSSR count). The van der Waals surface area contributed by atoms with Crippen LogP contribution in [0.2, 0.25) is 0 Å². The topological polar surface area (TPSA) is 95.5 Å². The van der Waals surface area contributed by atoms with Gasteiger partial charge >= 0.3 is 0 Å². The average Bonchev–Trinajstić information content (AvgIpc) is 2.97. The van der Waals surface area contributed by atoms with Gasteiger partial charge < -0.3 is 20.5 Å². The first-order valence-corrected chi connectivity index (χ1v) is 7.18. The number of hydrogen-bond acceptors (Lipinski definition) is 4. The van der Waals surface area contributed by atoms with E-state index < -0.39 is 5.60 Å². The molecule has 0 saturated heterocycles. The third-order valence-electron chi connectivity index (χ3n) is 4.30. The molecule has 2 fully saturated rings. The highest BCUT2D eigenvalue weighted by Crippen LogP contribution is 2.30. The van der Waals surface area contributed by atoms with Crippen molar-refractivity contribution in [1.82, 2.24) is 10.6 Å². The predicted molar refractivity (Wildman–Crippen MR) is 71.7 cm³/mol. The number of hydrogen-bond donors (Lipinski definition) is 3. The summed E-state index contributed by atoms with van der Waals surface area (Å²) in [6.07, 6.45) is 4.15. The first kappa shape index (κ1) is 15.0. The van der Waals surface area contributed by atoms with Crippen molar-refractivity contribution in [2.45, 2.75) is 63.1 Å². The fourth-order valence-corrected chi connectivity index (χ4v) is 3.24. The minimum atomic E-state index is -1.27. The highest BCUT2D eigenvalue weighted by molar-refractivity contribution is 5.80. The fourth-order valence-electron chi connectivity index (χ4n) is 3.24. The summed E-state index contributed by atoms with van der Waals surface area (Å²) < 4.78 is 0. The lowest BCUT2D eigenvalue weighted by Crippen LogP contribution is -2.39. The lowest BCUT2D eigenvalue weighted by molar-refractivity contribution is -0.127. The van der Waals surface area contributed by atoms with Gasteiger partial charge in [0, 0.05) is 31.3 Å². The number of aliphatic hydroxyl groups is 1. The van der Waals surface area contributed by atoms with E-state index in [-0.39, 0.29) is 29.8 Å². The number of nitrogens with one attached hydrogen (secondary N) is 2. The Labute approximate surface area is 118 Å². The number of carbonyl (C=O) groups excluding carboxylic acids is 3. The van der Waals surface area contributed by atoms with E-state index in [0.717, 1.165) is 12.8 Å². The molecule has 2 amide bonds. The lowest BCUT2D eigenvalue weighted by atomic mass is 10.0.